The fraction of sp³-hybridized carbons (Fsp3) is 0.500. The Bertz CT molecular complexity index is 280. The van der Waals surface area contributed by atoms with Crippen LogP contribution in [0.5, 0.6) is 0 Å². The second-order valence-electron chi connectivity index (χ2n) is 3.89. The van der Waals surface area contributed by atoms with Crippen molar-refractivity contribution in [3.05, 3.63) is 35.4 Å². The molecule has 0 unspecified atom stereocenters. The lowest BCUT2D eigenvalue weighted by atomic mass is 9.82. The average Bonchev–Trinajstić information content (AvgIpc) is 2.18. The van der Waals surface area contributed by atoms with Gasteiger partial charge < -0.3 is 5.11 Å². The third-order valence-electron chi connectivity index (χ3n) is 2.99. The molecule has 1 aromatic rings. The van der Waals surface area contributed by atoms with E-state index >= 15 is 0 Å². The summed E-state index contributed by atoms with van der Waals surface area (Å²) in [5.74, 6) is 0.708. The molecule has 0 heterocycles. The molecule has 1 aromatic carbocycles. The van der Waals surface area contributed by atoms with Crippen LogP contribution in [0, 0.1) is 5.92 Å². The first kappa shape index (κ1) is 8.76. The fourth-order valence-corrected chi connectivity index (χ4v) is 2.20. The van der Waals surface area contributed by atoms with Gasteiger partial charge in [-0.15, -0.1) is 0 Å². The monoisotopic (exact) mass is 176 g/mol. The number of aliphatic hydroxyl groups excluding tert-OH is 1. The van der Waals surface area contributed by atoms with Crippen molar-refractivity contribution in [2.24, 2.45) is 5.92 Å². The number of rotatable bonds is 2. The van der Waals surface area contributed by atoms with E-state index in [1.807, 2.05) is 0 Å². The molecular weight excluding hydrogens is 160 g/mol. The minimum atomic E-state index is 0.340. The molecular formula is C12H16O. The van der Waals surface area contributed by atoms with Gasteiger partial charge in [-0.05, 0) is 42.7 Å². The van der Waals surface area contributed by atoms with Crippen LogP contribution in [-0.2, 0) is 12.8 Å². The summed E-state index contributed by atoms with van der Waals surface area (Å²) >= 11 is 0. The van der Waals surface area contributed by atoms with E-state index in [2.05, 4.69) is 24.3 Å². The van der Waals surface area contributed by atoms with E-state index in [9.17, 15) is 0 Å². The first-order valence-electron chi connectivity index (χ1n) is 5.08. The zero-order valence-electron chi connectivity index (χ0n) is 7.87. The van der Waals surface area contributed by atoms with Crippen molar-refractivity contribution in [2.75, 3.05) is 6.61 Å². The summed E-state index contributed by atoms with van der Waals surface area (Å²) in [6.45, 7) is 0.340. The predicted octanol–water partition coefficient (Wildman–Crippen LogP) is 2.17. The third kappa shape index (κ3) is 1.92. The maximum Gasteiger partial charge on any atom is 0.0433 e. The van der Waals surface area contributed by atoms with Crippen LogP contribution in [-0.4, -0.2) is 11.7 Å². The Labute approximate surface area is 79.4 Å². The Morgan fingerprint density at radius 3 is 2.77 bits per heavy atom. The molecule has 0 spiro atoms. The van der Waals surface area contributed by atoms with E-state index in [0.29, 0.717) is 12.5 Å². The second kappa shape index (κ2) is 3.93. The van der Waals surface area contributed by atoms with Crippen molar-refractivity contribution in [3.8, 4) is 0 Å². The van der Waals surface area contributed by atoms with Gasteiger partial charge in [-0.25, -0.2) is 0 Å². The zero-order valence-corrected chi connectivity index (χ0v) is 7.87. The van der Waals surface area contributed by atoms with Gasteiger partial charge >= 0.3 is 0 Å². The van der Waals surface area contributed by atoms with Crippen LogP contribution in [0.1, 0.15) is 24.0 Å². The normalized spacial score (nSPS) is 21.2. The summed E-state index contributed by atoms with van der Waals surface area (Å²) in [5, 5.41) is 8.87. The molecule has 0 aromatic heterocycles. The summed E-state index contributed by atoms with van der Waals surface area (Å²) in [6.07, 6.45) is 4.57. The van der Waals surface area contributed by atoms with Crippen molar-refractivity contribution in [2.45, 2.75) is 25.7 Å². The van der Waals surface area contributed by atoms with Gasteiger partial charge in [-0.1, -0.05) is 24.3 Å². The number of hydrogen-bond acceptors (Lipinski definition) is 1. The zero-order chi connectivity index (χ0) is 9.10. The SMILES string of the molecule is OCC[C@@H]1CCc2ccccc2C1. The molecule has 0 bridgehead atoms. The molecule has 2 rings (SSSR count). The van der Waals surface area contributed by atoms with Crippen LogP contribution in [0.3, 0.4) is 0 Å². The first-order valence-corrected chi connectivity index (χ1v) is 5.08. The Morgan fingerprint density at radius 1 is 1.23 bits per heavy atom. The molecule has 1 N–H and O–H groups in total. The maximum absolute atomic E-state index is 8.87. The largest absolute Gasteiger partial charge is 0.396 e. The topological polar surface area (TPSA) is 20.2 Å². The van der Waals surface area contributed by atoms with Crippen LogP contribution in [0.15, 0.2) is 24.3 Å². The van der Waals surface area contributed by atoms with Crippen LogP contribution in [0.2, 0.25) is 0 Å². The molecule has 70 valence electrons. The Hall–Kier alpha value is -0.820. The highest BCUT2D eigenvalue weighted by Gasteiger charge is 2.16. The highest BCUT2D eigenvalue weighted by Crippen LogP contribution is 2.26. The molecule has 1 heteroatoms. The minimum Gasteiger partial charge on any atom is -0.396 e. The van der Waals surface area contributed by atoms with Crippen LogP contribution >= 0.6 is 0 Å². The van der Waals surface area contributed by atoms with Crippen molar-refractivity contribution in [1.82, 2.24) is 0 Å². The summed E-state index contributed by atoms with van der Waals surface area (Å²) in [4.78, 5) is 0. The number of aliphatic hydroxyl groups is 1. The van der Waals surface area contributed by atoms with E-state index in [1.54, 1.807) is 0 Å². The molecule has 0 saturated heterocycles. The predicted molar refractivity (Wildman–Crippen MR) is 53.7 cm³/mol. The molecule has 1 aliphatic rings. The quantitative estimate of drug-likeness (QED) is 0.732. The van der Waals surface area contributed by atoms with Gasteiger partial charge in [0, 0.05) is 6.61 Å². The molecule has 1 aliphatic carbocycles. The first-order chi connectivity index (χ1) is 6.40. The lowest BCUT2D eigenvalue weighted by Gasteiger charge is -2.23. The van der Waals surface area contributed by atoms with Crippen molar-refractivity contribution < 1.29 is 5.11 Å². The van der Waals surface area contributed by atoms with E-state index in [-0.39, 0.29) is 0 Å². The molecule has 0 amide bonds. The van der Waals surface area contributed by atoms with E-state index in [1.165, 1.54) is 24.0 Å². The van der Waals surface area contributed by atoms with Gasteiger partial charge in [-0.2, -0.15) is 0 Å². The fourth-order valence-electron chi connectivity index (χ4n) is 2.20. The summed E-state index contributed by atoms with van der Waals surface area (Å²) in [5.41, 5.74) is 3.00. The Morgan fingerprint density at radius 2 is 2.00 bits per heavy atom. The van der Waals surface area contributed by atoms with Crippen molar-refractivity contribution in [1.29, 1.82) is 0 Å². The van der Waals surface area contributed by atoms with Gasteiger partial charge in [-0.3, -0.25) is 0 Å². The molecule has 13 heavy (non-hydrogen) atoms. The molecule has 0 saturated carbocycles. The third-order valence-corrected chi connectivity index (χ3v) is 2.99. The van der Waals surface area contributed by atoms with Gasteiger partial charge in [0.15, 0.2) is 0 Å². The van der Waals surface area contributed by atoms with Crippen molar-refractivity contribution >= 4 is 0 Å². The molecule has 1 nitrogen and oxygen atoms in total. The second-order valence-corrected chi connectivity index (χ2v) is 3.89. The summed E-state index contributed by atoms with van der Waals surface area (Å²) < 4.78 is 0. The van der Waals surface area contributed by atoms with E-state index in [0.717, 1.165) is 12.8 Å². The standard InChI is InChI=1S/C12H16O/c13-8-7-10-5-6-11-3-1-2-4-12(11)9-10/h1-4,10,13H,5-9H2/t10-/m0/s1. The maximum atomic E-state index is 8.87. The Balaban J connectivity index is 2.11. The molecule has 1 atom stereocenters. The number of hydrogen-bond donors (Lipinski definition) is 1. The van der Waals surface area contributed by atoms with Gasteiger partial charge in [0.1, 0.15) is 0 Å². The Kier molecular flexibility index (Phi) is 2.65. The van der Waals surface area contributed by atoms with E-state index in [4.69, 9.17) is 5.11 Å². The number of fused-ring (bicyclic) bond motifs is 1. The summed E-state index contributed by atoms with van der Waals surface area (Å²) in [7, 11) is 0. The van der Waals surface area contributed by atoms with E-state index < -0.39 is 0 Å². The highest BCUT2D eigenvalue weighted by molar-refractivity contribution is 5.29. The van der Waals surface area contributed by atoms with Crippen molar-refractivity contribution in [3.63, 3.8) is 0 Å². The van der Waals surface area contributed by atoms with Crippen LogP contribution < -0.4 is 0 Å². The highest BCUT2D eigenvalue weighted by atomic mass is 16.3. The number of benzene rings is 1. The average molecular weight is 176 g/mol. The van der Waals surface area contributed by atoms with Gasteiger partial charge in [0.25, 0.3) is 0 Å². The van der Waals surface area contributed by atoms with Gasteiger partial charge in [0.2, 0.25) is 0 Å². The number of aryl methyl sites for hydroxylation is 1. The lowest BCUT2D eigenvalue weighted by Crippen LogP contribution is -2.15. The molecule has 0 radical (unpaired) electrons. The van der Waals surface area contributed by atoms with Crippen LogP contribution in [0.4, 0.5) is 0 Å². The van der Waals surface area contributed by atoms with Gasteiger partial charge in [0.05, 0.1) is 0 Å². The molecule has 0 fully saturated rings. The van der Waals surface area contributed by atoms with Crippen LogP contribution in [0.25, 0.3) is 0 Å². The smallest absolute Gasteiger partial charge is 0.0433 e. The lowest BCUT2D eigenvalue weighted by molar-refractivity contribution is 0.248. The molecule has 0 aliphatic heterocycles. The summed E-state index contributed by atoms with van der Waals surface area (Å²) in [6, 6.07) is 8.68. The minimum absolute atomic E-state index is 0.340.